The van der Waals surface area contributed by atoms with E-state index in [-0.39, 0.29) is 5.41 Å². The molecule has 0 nitrogen and oxygen atoms in total. The van der Waals surface area contributed by atoms with Gasteiger partial charge in [0.15, 0.2) is 0 Å². The monoisotopic (exact) mass is 522 g/mol. The highest BCUT2D eigenvalue weighted by molar-refractivity contribution is 6.21. The molecule has 0 N–H and O–H groups in total. The van der Waals surface area contributed by atoms with Crippen molar-refractivity contribution >= 4 is 37.9 Å². The minimum atomic E-state index is 0.0373. The van der Waals surface area contributed by atoms with E-state index >= 15 is 0 Å². The largest absolute Gasteiger partial charge is 0.0660 e. The van der Waals surface area contributed by atoms with Gasteiger partial charge in [-0.15, -0.1) is 0 Å². The van der Waals surface area contributed by atoms with Gasteiger partial charge in [0.25, 0.3) is 0 Å². The van der Waals surface area contributed by atoms with Gasteiger partial charge < -0.3 is 0 Å². The molecule has 0 bridgehead atoms. The summed E-state index contributed by atoms with van der Waals surface area (Å²) in [5.41, 5.74) is 10.5. The first-order chi connectivity index (χ1) is 20.1. The van der Waals surface area contributed by atoms with Gasteiger partial charge in [-0.3, -0.25) is 0 Å². The molecule has 0 saturated heterocycles. The fourth-order valence-electron chi connectivity index (χ4n) is 6.95. The summed E-state index contributed by atoms with van der Waals surface area (Å²) in [5, 5.41) is 7.68. The van der Waals surface area contributed by atoms with Crippen molar-refractivity contribution in [2.75, 3.05) is 0 Å². The van der Waals surface area contributed by atoms with Crippen molar-refractivity contribution in [3.8, 4) is 22.3 Å². The van der Waals surface area contributed by atoms with Crippen molar-refractivity contribution in [1.82, 2.24) is 0 Å². The van der Waals surface area contributed by atoms with E-state index in [4.69, 9.17) is 0 Å². The summed E-state index contributed by atoms with van der Waals surface area (Å²) in [6.07, 6.45) is 2.43. The summed E-state index contributed by atoms with van der Waals surface area (Å²) in [6, 6.07) is 51.4. The molecule has 1 aliphatic carbocycles. The summed E-state index contributed by atoms with van der Waals surface area (Å²) in [4.78, 5) is 0. The normalized spacial score (nSPS) is 14.0. The van der Waals surface area contributed by atoms with Crippen molar-refractivity contribution < 1.29 is 0 Å². The lowest BCUT2D eigenvalue weighted by molar-refractivity contribution is 0.683. The summed E-state index contributed by atoms with van der Waals surface area (Å²) >= 11 is 0. The van der Waals surface area contributed by atoms with E-state index in [1.807, 2.05) is 0 Å². The highest BCUT2D eigenvalue weighted by atomic mass is 14.3. The Morgan fingerprint density at radius 3 is 1.56 bits per heavy atom. The Labute approximate surface area is 241 Å². The van der Waals surface area contributed by atoms with E-state index in [1.54, 1.807) is 0 Å². The third-order valence-corrected chi connectivity index (χ3v) is 8.87. The van der Waals surface area contributed by atoms with Crippen LogP contribution in [0.2, 0.25) is 0 Å². The van der Waals surface area contributed by atoms with Crippen LogP contribution in [-0.2, 0) is 5.41 Å². The maximum Gasteiger partial charge on any atom is 0.00908 e. The average Bonchev–Trinajstić information content (AvgIpc) is 3.30. The summed E-state index contributed by atoms with van der Waals surface area (Å²) in [6.45, 7) is 4.62. The van der Waals surface area contributed by atoms with E-state index in [0.717, 1.165) is 0 Å². The Balaban J connectivity index is 1.33. The molecule has 0 unspecified atom stereocenters. The van der Waals surface area contributed by atoms with Crippen LogP contribution < -0.4 is 0 Å². The molecule has 0 saturated carbocycles. The van der Waals surface area contributed by atoms with Gasteiger partial charge >= 0.3 is 0 Å². The van der Waals surface area contributed by atoms with Gasteiger partial charge in [-0.1, -0.05) is 153 Å². The van der Waals surface area contributed by atoms with Crippen molar-refractivity contribution in [3.05, 3.63) is 162 Å². The lowest BCUT2D eigenvalue weighted by atomic mass is 9.85. The molecule has 0 radical (unpaired) electrons. The highest BCUT2D eigenvalue weighted by Gasteiger charge is 2.29. The van der Waals surface area contributed by atoms with Gasteiger partial charge in [0.2, 0.25) is 0 Å². The van der Waals surface area contributed by atoms with Gasteiger partial charge in [-0.05, 0) is 82.9 Å². The molecule has 7 aromatic carbocycles. The molecule has 0 amide bonds. The average molecular weight is 523 g/mol. The van der Waals surface area contributed by atoms with Crippen LogP contribution in [0, 0.1) is 0 Å². The second kappa shape index (κ2) is 9.04. The van der Waals surface area contributed by atoms with Gasteiger partial charge in [-0.25, -0.2) is 0 Å². The van der Waals surface area contributed by atoms with E-state index in [1.165, 1.54) is 76.8 Å². The molecular formula is C41H30. The molecule has 1 aliphatic rings. The van der Waals surface area contributed by atoms with Crippen molar-refractivity contribution in [1.29, 1.82) is 0 Å². The molecule has 8 rings (SSSR count). The third kappa shape index (κ3) is 3.75. The van der Waals surface area contributed by atoms with Crippen molar-refractivity contribution in [3.63, 3.8) is 0 Å². The highest BCUT2D eigenvalue weighted by Crippen LogP contribution is 2.46. The molecule has 41 heavy (non-hydrogen) atoms. The quantitative estimate of drug-likeness (QED) is 0.202. The standard InChI is InChI=1S/C41H30/c1-41(2)26-37(32-13-9-10-18-38(32)41)28-20-22-29(23-21-28)39-33-14-5-7-16-35(33)40(36-17-8-6-15-34(36)39)31-24-19-27-11-3-4-12-30(27)25-31/h3-26H,1-2H3. The van der Waals surface area contributed by atoms with E-state index < -0.39 is 0 Å². The zero-order valence-corrected chi connectivity index (χ0v) is 23.4. The Hall–Kier alpha value is -4.94. The summed E-state index contributed by atoms with van der Waals surface area (Å²) in [5.74, 6) is 0. The van der Waals surface area contributed by atoms with E-state index in [2.05, 4.69) is 159 Å². The molecule has 0 aromatic heterocycles. The molecule has 0 fully saturated rings. The maximum atomic E-state index is 2.43. The second-order valence-corrected chi connectivity index (χ2v) is 11.8. The first kappa shape index (κ1) is 23.9. The van der Waals surface area contributed by atoms with Crippen LogP contribution in [-0.4, -0.2) is 0 Å². The number of fused-ring (bicyclic) bond motifs is 4. The SMILES string of the molecule is CC1(C)C=C(c2ccc(-c3c4ccccc4c(-c4ccc5ccccc5c4)c4ccccc34)cc2)c2ccccc21. The number of hydrogen-bond acceptors (Lipinski definition) is 0. The molecular weight excluding hydrogens is 492 g/mol. The predicted molar refractivity (Wildman–Crippen MR) is 176 cm³/mol. The molecule has 194 valence electrons. The van der Waals surface area contributed by atoms with Crippen molar-refractivity contribution in [2.45, 2.75) is 19.3 Å². The van der Waals surface area contributed by atoms with Crippen LogP contribution in [0.15, 0.2) is 146 Å². The lowest BCUT2D eigenvalue weighted by Crippen LogP contribution is -2.10. The molecule has 0 spiro atoms. The first-order valence-electron chi connectivity index (χ1n) is 14.4. The van der Waals surface area contributed by atoms with Crippen LogP contribution in [0.5, 0.6) is 0 Å². The van der Waals surface area contributed by atoms with Gasteiger partial charge in [-0.2, -0.15) is 0 Å². The molecule has 0 heterocycles. The van der Waals surface area contributed by atoms with Crippen LogP contribution in [0.1, 0.15) is 30.5 Å². The second-order valence-electron chi connectivity index (χ2n) is 11.8. The minimum Gasteiger partial charge on any atom is -0.0660 e. The molecule has 0 heteroatoms. The van der Waals surface area contributed by atoms with Gasteiger partial charge in [0, 0.05) is 5.41 Å². The Kier molecular flexibility index (Phi) is 5.27. The van der Waals surface area contributed by atoms with E-state index in [9.17, 15) is 0 Å². The summed E-state index contributed by atoms with van der Waals surface area (Å²) in [7, 11) is 0. The smallest absolute Gasteiger partial charge is 0.00908 e. The van der Waals surface area contributed by atoms with Crippen LogP contribution >= 0.6 is 0 Å². The number of benzene rings is 7. The molecule has 0 atom stereocenters. The number of allylic oxidation sites excluding steroid dienone is 1. The number of rotatable bonds is 3. The van der Waals surface area contributed by atoms with Crippen LogP contribution in [0.3, 0.4) is 0 Å². The topological polar surface area (TPSA) is 0 Å². The molecule has 0 aliphatic heterocycles. The van der Waals surface area contributed by atoms with E-state index in [0.29, 0.717) is 0 Å². The fraction of sp³-hybridized carbons (Fsp3) is 0.0732. The lowest BCUT2D eigenvalue weighted by Gasteiger charge is -2.18. The van der Waals surface area contributed by atoms with Gasteiger partial charge in [0.1, 0.15) is 0 Å². The van der Waals surface area contributed by atoms with Crippen LogP contribution in [0.4, 0.5) is 0 Å². The fourth-order valence-corrected chi connectivity index (χ4v) is 6.95. The first-order valence-corrected chi connectivity index (χ1v) is 14.4. The third-order valence-electron chi connectivity index (χ3n) is 8.87. The van der Waals surface area contributed by atoms with Crippen LogP contribution in [0.25, 0.3) is 60.1 Å². The number of hydrogen-bond donors (Lipinski definition) is 0. The van der Waals surface area contributed by atoms with Gasteiger partial charge in [0.05, 0.1) is 0 Å². The minimum absolute atomic E-state index is 0.0373. The maximum absolute atomic E-state index is 2.43. The Bertz CT molecular complexity index is 2100. The molecule has 7 aromatic rings. The zero-order chi connectivity index (χ0) is 27.6. The van der Waals surface area contributed by atoms with Crippen molar-refractivity contribution in [2.24, 2.45) is 0 Å². The Morgan fingerprint density at radius 1 is 0.415 bits per heavy atom. The Morgan fingerprint density at radius 2 is 0.902 bits per heavy atom. The predicted octanol–water partition coefficient (Wildman–Crippen LogP) is 11.2. The zero-order valence-electron chi connectivity index (χ0n) is 23.4. The summed E-state index contributed by atoms with van der Waals surface area (Å²) < 4.78 is 0.